The fraction of sp³-hybridized carbons (Fsp3) is 1.00. The summed E-state index contributed by atoms with van der Waals surface area (Å²) in [5, 5.41) is 0. The van der Waals surface area contributed by atoms with Crippen LogP contribution >= 0.6 is 0 Å². The minimum atomic E-state index is -4.03. The van der Waals surface area contributed by atoms with Crippen molar-refractivity contribution in [3.8, 4) is 0 Å². The van der Waals surface area contributed by atoms with E-state index in [2.05, 4.69) is 4.18 Å². The Hall–Kier alpha value is -0.180. The zero-order valence-corrected chi connectivity index (χ0v) is 9.47. The topological polar surface area (TPSA) is 97.7 Å². The fourth-order valence-electron chi connectivity index (χ4n) is 0.736. The van der Waals surface area contributed by atoms with Gasteiger partial charge in [0.2, 0.25) is 0 Å². The predicted octanol–water partition coefficient (Wildman–Crippen LogP) is 0.0207. The summed E-state index contributed by atoms with van der Waals surface area (Å²) in [6, 6.07) is 0. The van der Waals surface area contributed by atoms with Gasteiger partial charge in [0.25, 0.3) is 20.2 Å². The number of rotatable bonds is 7. The van der Waals surface area contributed by atoms with E-state index in [-0.39, 0.29) is 18.8 Å². The summed E-state index contributed by atoms with van der Waals surface area (Å²) < 4.78 is 55.1. The van der Waals surface area contributed by atoms with Crippen molar-refractivity contribution >= 4 is 20.2 Å². The molecule has 0 radical (unpaired) electrons. The van der Waals surface area contributed by atoms with Crippen LogP contribution in [0.25, 0.3) is 0 Å². The lowest BCUT2D eigenvalue weighted by atomic mass is 10.5. The summed E-state index contributed by atoms with van der Waals surface area (Å²) in [4.78, 5) is 0. The summed E-state index contributed by atoms with van der Waals surface area (Å²) in [6.07, 6.45) is 0.405. The molecule has 8 heteroatoms. The van der Waals surface area contributed by atoms with E-state index >= 15 is 0 Å². The third kappa shape index (κ3) is 8.42. The van der Waals surface area contributed by atoms with Crippen LogP contribution in [-0.2, 0) is 24.4 Å². The molecular weight excluding hydrogens is 232 g/mol. The van der Waals surface area contributed by atoms with Crippen LogP contribution in [0.1, 0.15) is 19.8 Å². The lowest BCUT2D eigenvalue weighted by Gasteiger charge is -2.02. The second kappa shape index (κ2) is 5.64. The molecule has 0 bridgehead atoms. The molecule has 0 saturated carbocycles. The van der Waals surface area contributed by atoms with Gasteiger partial charge in [0.15, 0.2) is 0 Å². The summed E-state index contributed by atoms with van der Waals surface area (Å²) in [7, 11) is -7.55. The first-order valence-corrected chi connectivity index (χ1v) is 7.28. The average Bonchev–Trinajstić information content (AvgIpc) is 1.96. The standard InChI is InChI=1S/C6H14O6S2/c1-2-5-14(10,11)12-4-3-6-13(7,8)9/h2-6H2,1H3,(H,7,8,9). The third-order valence-electron chi connectivity index (χ3n) is 1.26. The maximum absolute atomic E-state index is 10.9. The van der Waals surface area contributed by atoms with E-state index in [1.807, 2.05) is 0 Å². The van der Waals surface area contributed by atoms with E-state index in [0.29, 0.717) is 6.42 Å². The molecule has 0 aliphatic heterocycles. The molecule has 0 atom stereocenters. The molecular formula is C6H14O6S2. The van der Waals surface area contributed by atoms with Gasteiger partial charge in [-0.25, -0.2) is 0 Å². The maximum atomic E-state index is 10.9. The maximum Gasteiger partial charge on any atom is 0.267 e. The summed E-state index contributed by atoms with van der Waals surface area (Å²) in [5.41, 5.74) is 0. The first-order chi connectivity index (χ1) is 6.27. The van der Waals surface area contributed by atoms with Gasteiger partial charge in [-0.2, -0.15) is 16.8 Å². The van der Waals surface area contributed by atoms with Crippen LogP contribution in [0, 0.1) is 0 Å². The molecule has 86 valence electrons. The highest BCUT2D eigenvalue weighted by Crippen LogP contribution is 1.98. The quantitative estimate of drug-likeness (QED) is 0.386. The van der Waals surface area contributed by atoms with Gasteiger partial charge >= 0.3 is 0 Å². The van der Waals surface area contributed by atoms with Crippen LogP contribution in [0.5, 0.6) is 0 Å². The van der Waals surface area contributed by atoms with Gasteiger partial charge in [-0.3, -0.25) is 8.74 Å². The molecule has 0 saturated heterocycles. The molecule has 0 rings (SSSR count). The Morgan fingerprint density at radius 3 is 2.14 bits per heavy atom. The Kier molecular flexibility index (Phi) is 5.57. The highest BCUT2D eigenvalue weighted by atomic mass is 32.2. The van der Waals surface area contributed by atoms with Gasteiger partial charge in [-0.05, 0) is 12.8 Å². The van der Waals surface area contributed by atoms with Gasteiger partial charge in [-0.1, -0.05) is 6.92 Å². The predicted molar refractivity (Wildman–Crippen MR) is 51.1 cm³/mol. The molecule has 0 amide bonds. The molecule has 0 aliphatic rings. The smallest absolute Gasteiger partial charge is 0.267 e. The van der Waals surface area contributed by atoms with E-state index in [1.165, 1.54) is 0 Å². The molecule has 0 aromatic rings. The van der Waals surface area contributed by atoms with Crippen molar-refractivity contribution in [1.29, 1.82) is 0 Å². The number of hydrogen-bond donors (Lipinski definition) is 1. The van der Waals surface area contributed by atoms with Gasteiger partial charge in [0, 0.05) is 0 Å². The molecule has 0 heterocycles. The minimum absolute atomic E-state index is 0.0399. The van der Waals surface area contributed by atoms with Crippen LogP contribution in [0.4, 0.5) is 0 Å². The largest absolute Gasteiger partial charge is 0.286 e. The van der Waals surface area contributed by atoms with E-state index in [4.69, 9.17) is 4.55 Å². The fourth-order valence-corrected chi connectivity index (χ4v) is 2.21. The summed E-state index contributed by atoms with van der Waals surface area (Å²) in [6.45, 7) is 1.47. The van der Waals surface area contributed by atoms with Crippen molar-refractivity contribution in [3.63, 3.8) is 0 Å². The van der Waals surface area contributed by atoms with E-state index in [1.54, 1.807) is 6.92 Å². The Bertz CT molecular complexity index is 341. The molecule has 0 aliphatic carbocycles. The van der Waals surface area contributed by atoms with E-state index in [9.17, 15) is 16.8 Å². The van der Waals surface area contributed by atoms with E-state index in [0.717, 1.165) is 0 Å². The first-order valence-electron chi connectivity index (χ1n) is 4.09. The minimum Gasteiger partial charge on any atom is -0.286 e. The monoisotopic (exact) mass is 246 g/mol. The van der Waals surface area contributed by atoms with Crippen molar-refractivity contribution < 1.29 is 25.6 Å². The molecule has 0 spiro atoms. The van der Waals surface area contributed by atoms with Gasteiger partial charge in [-0.15, -0.1) is 0 Å². The summed E-state index contributed by atoms with van der Waals surface area (Å²) >= 11 is 0. The van der Waals surface area contributed by atoms with Crippen LogP contribution < -0.4 is 0 Å². The second-order valence-corrected chi connectivity index (χ2v) is 6.05. The van der Waals surface area contributed by atoms with Crippen molar-refractivity contribution in [1.82, 2.24) is 0 Å². The van der Waals surface area contributed by atoms with Crippen molar-refractivity contribution in [3.05, 3.63) is 0 Å². The molecule has 0 aromatic carbocycles. The van der Waals surface area contributed by atoms with Gasteiger partial charge in [0.1, 0.15) is 0 Å². The normalized spacial score (nSPS) is 13.0. The van der Waals surface area contributed by atoms with Gasteiger partial charge < -0.3 is 0 Å². The SMILES string of the molecule is CCCS(=O)(=O)OCCCS(=O)(=O)O. The Morgan fingerprint density at radius 2 is 1.71 bits per heavy atom. The van der Waals surface area contributed by atoms with Crippen LogP contribution in [0.2, 0.25) is 0 Å². The Labute approximate surface area is 84.1 Å². The molecule has 14 heavy (non-hydrogen) atoms. The number of hydrogen-bond acceptors (Lipinski definition) is 5. The highest BCUT2D eigenvalue weighted by Gasteiger charge is 2.10. The average molecular weight is 246 g/mol. The van der Waals surface area contributed by atoms with Crippen LogP contribution in [0.3, 0.4) is 0 Å². The Balaban J connectivity index is 3.76. The zero-order chi connectivity index (χ0) is 11.2. The van der Waals surface area contributed by atoms with Crippen molar-refractivity contribution in [2.75, 3.05) is 18.1 Å². The first kappa shape index (κ1) is 13.8. The van der Waals surface area contributed by atoms with E-state index < -0.39 is 26.0 Å². The van der Waals surface area contributed by atoms with Crippen molar-refractivity contribution in [2.24, 2.45) is 0 Å². The molecule has 1 N–H and O–H groups in total. The Morgan fingerprint density at radius 1 is 1.14 bits per heavy atom. The highest BCUT2D eigenvalue weighted by molar-refractivity contribution is 7.86. The lowest BCUT2D eigenvalue weighted by Crippen LogP contribution is -2.13. The second-order valence-electron chi connectivity index (χ2n) is 2.72. The summed E-state index contributed by atoms with van der Waals surface area (Å²) in [5.74, 6) is -0.576. The molecule has 0 unspecified atom stereocenters. The molecule has 0 fully saturated rings. The van der Waals surface area contributed by atoms with Gasteiger partial charge in [0.05, 0.1) is 18.1 Å². The molecule has 6 nitrogen and oxygen atoms in total. The van der Waals surface area contributed by atoms with Crippen LogP contribution in [-0.4, -0.2) is 39.5 Å². The van der Waals surface area contributed by atoms with Crippen LogP contribution in [0.15, 0.2) is 0 Å². The lowest BCUT2D eigenvalue weighted by molar-refractivity contribution is 0.316. The molecule has 0 aromatic heterocycles. The van der Waals surface area contributed by atoms with Crippen molar-refractivity contribution in [2.45, 2.75) is 19.8 Å². The zero-order valence-electron chi connectivity index (χ0n) is 7.84. The third-order valence-corrected chi connectivity index (χ3v) is 3.50.